The number of allylic oxidation sites excluding steroid dienone is 32. The fourth-order valence-electron chi connectivity index (χ4n) is 14.4. The number of hydrogen-bond donors (Lipinski definition) is 4. The number of carbonyl (C=O) groups excluding carboxylic acids is 3. The lowest BCUT2D eigenvalue weighted by atomic mass is 10.0. The third kappa shape index (κ3) is 105. The van der Waals surface area contributed by atoms with Crippen LogP contribution in [0.5, 0.6) is 0 Å². The summed E-state index contributed by atoms with van der Waals surface area (Å²) in [7, 11) is -9.83. The second-order valence-electron chi connectivity index (χ2n) is 34.9. The second-order valence-corrected chi connectivity index (χ2v) is 37.8. The Morgan fingerprint density at radius 2 is 0.405 bits per heavy atom. The Labute approximate surface area is 801 Å². The van der Waals surface area contributed by atoms with Crippen molar-refractivity contribution in [1.82, 2.24) is 0 Å². The molecule has 131 heavy (non-hydrogen) atoms. The highest BCUT2D eigenvalue weighted by molar-refractivity contribution is 7.47. The summed E-state index contributed by atoms with van der Waals surface area (Å²) in [5.74, 6) is -1.58. The van der Waals surface area contributed by atoms with Crippen LogP contribution in [0.3, 0.4) is 0 Å². The SMILES string of the molecule is CC/C=C\C/C=C\C/C=C\C/C=C\C/C=C\C/C=C\CCCCCCCCCCCCCCCCCCC(=O)OCC(O)COP(=O)(O)OCC(O)COP(=O)(O)OCC(COC(=O)CCCCCCCCCCCCCCCCCCCCC/C=C\C/C=C\C/C=C\C/C=C\CCCCC)OC(=O)CCCCCCCC/C=C\C/C=C\C/C=C\C/C=C\C/C=C\C/C=C\CC. The van der Waals surface area contributed by atoms with Crippen molar-refractivity contribution in [3.63, 3.8) is 0 Å². The maximum absolute atomic E-state index is 13.1. The standard InChI is InChI=1S/C113H192O16P2/c1-4-7-10-13-16-19-22-25-28-31-34-37-40-43-45-47-49-51-53-55-57-59-61-64-66-69-72-75-78-81-84-87-90-93-96-99-111(116)123-102-108(114)103-125-130(119,120)126-104-109(115)105-127-131(121,122)128-107-110(129-113(118)101-98-95-92-89-86-83-80-77-74-71-68-63-42-39-36-33-30-27-24-21-18-15-12-9-6-3)106-124-112(117)100-97-94-91-88-85-82-79-76-73-70-67-65-62-60-58-56-54-52-50-48-46-44-41-38-35-32-29-26-23-20-17-14-11-8-5-2/h7,9-10,12,16-21,25-30,34-39,43-46,49,51,63,68,74,77,108-110,114-115H,4-6,8,11,13-15,22-24,31-33,40-42,47-48,50,52-62,64-67,69-73,75-76,78-107H2,1-3H3,(H,119,120)(H,121,122)/b10-7-,12-9-,19-16-,20-17-,21-18-,28-25-,29-26-,30-27-,37-34-,38-35-,39-36-,45-43-,46-44-,51-49-,68-63-,77-74-. The van der Waals surface area contributed by atoms with Gasteiger partial charge < -0.3 is 34.2 Å². The molecule has 0 fully saturated rings. The van der Waals surface area contributed by atoms with Crippen LogP contribution in [-0.4, -0.2) is 95.9 Å². The fourth-order valence-corrected chi connectivity index (χ4v) is 16.0. The lowest BCUT2D eigenvalue weighted by molar-refractivity contribution is -0.161. The van der Waals surface area contributed by atoms with Crippen molar-refractivity contribution in [2.24, 2.45) is 0 Å². The van der Waals surface area contributed by atoms with E-state index in [2.05, 4.69) is 215 Å². The predicted octanol–water partition coefficient (Wildman–Crippen LogP) is 33.7. The van der Waals surface area contributed by atoms with E-state index in [1.807, 2.05) is 0 Å². The van der Waals surface area contributed by atoms with Gasteiger partial charge in [0.1, 0.15) is 25.4 Å². The molecule has 0 aliphatic rings. The number of ether oxygens (including phenoxy) is 3. The molecule has 0 aromatic heterocycles. The molecule has 16 nitrogen and oxygen atoms in total. The minimum Gasteiger partial charge on any atom is -0.463 e. The third-order valence-corrected chi connectivity index (χ3v) is 24.2. The zero-order chi connectivity index (χ0) is 95.0. The zero-order valence-corrected chi connectivity index (χ0v) is 85.0. The number of unbranched alkanes of at least 4 members (excludes halogenated alkanes) is 44. The first-order valence-electron chi connectivity index (χ1n) is 52.7. The Morgan fingerprint density at radius 1 is 0.221 bits per heavy atom. The first-order chi connectivity index (χ1) is 64.2. The van der Waals surface area contributed by atoms with Crippen LogP contribution in [0.1, 0.15) is 445 Å². The van der Waals surface area contributed by atoms with Crippen molar-refractivity contribution in [3.8, 4) is 0 Å². The molecule has 0 heterocycles. The highest BCUT2D eigenvalue weighted by Gasteiger charge is 2.30. The lowest BCUT2D eigenvalue weighted by Gasteiger charge is -2.21. The molecule has 0 radical (unpaired) electrons. The summed E-state index contributed by atoms with van der Waals surface area (Å²) in [4.78, 5) is 59.2. The molecule has 4 N–H and O–H groups in total. The summed E-state index contributed by atoms with van der Waals surface area (Å²) < 4.78 is 61.7. The van der Waals surface area contributed by atoms with E-state index in [0.29, 0.717) is 19.3 Å². The molecule has 0 aromatic rings. The topological polar surface area (TPSA) is 231 Å². The maximum atomic E-state index is 13.1. The van der Waals surface area contributed by atoms with Gasteiger partial charge in [-0.25, -0.2) is 9.13 Å². The van der Waals surface area contributed by atoms with Gasteiger partial charge in [-0.05, 0) is 167 Å². The summed E-state index contributed by atoms with van der Waals surface area (Å²) in [5, 5.41) is 20.8. The molecular weight excluding hydrogens is 1680 g/mol. The zero-order valence-electron chi connectivity index (χ0n) is 83.2. The molecular formula is C113H192O16P2. The summed E-state index contributed by atoms with van der Waals surface area (Å²) in [5.41, 5.74) is 0. The van der Waals surface area contributed by atoms with Crippen molar-refractivity contribution in [1.29, 1.82) is 0 Å². The van der Waals surface area contributed by atoms with Gasteiger partial charge >= 0.3 is 33.6 Å². The van der Waals surface area contributed by atoms with Crippen molar-refractivity contribution in [3.05, 3.63) is 194 Å². The molecule has 750 valence electrons. The summed E-state index contributed by atoms with van der Waals surface area (Å²) >= 11 is 0. The average molecular weight is 1870 g/mol. The van der Waals surface area contributed by atoms with Crippen LogP contribution in [0, 0.1) is 0 Å². The van der Waals surface area contributed by atoms with Crippen molar-refractivity contribution >= 4 is 33.6 Å². The van der Waals surface area contributed by atoms with E-state index < -0.39 is 91.5 Å². The van der Waals surface area contributed by atoms with E-state index >= 15 is 0 Å². The number of phosphoric ester groups is 2. The third-order valence-electron chi connectivity index (χ3n) is 22.3. The van der Waals surface area contributed by atoms with Crippen LogP contribution in [0.4, 0.5) is 0 Å². The van der Waals surface area contributed by atoms with Crippen LogP contribution >= 0.6 is 15.6 Å². The highest BCUT2D eigenvalue weighted by atomic mass is 31.2. The average Bonchev–Trinajstić information content (AvgIpc) is 0.898. The number of esters is 3. The number of aliphatic hydroxyl groups is 2. The molecule has 5 unspecified atom stereocenters. The first kappa shape index (κ1) is 125. The van der Waals surface area contributed by atoms with Crippen molar-refractivity contribution in [2.75, 3.05) is 39.6 Å². The Morgan fingerprint density at radius 3 is 0.641 bits per heavy atom. The Bertz CT molecular complexity index is 3160. The largest absolute Gasteiger partial charge is 0.472 e. The summed E-state index contributed by atoms with van der Waals surface area (Å²) in [6, 6.07) is 0. The molecule has 18 heteroatoms. The normalized spacial score (nSPS) is 14.4. The van der Waals surface area contributed by atoms with Crippen molar-refractivity contribution < 1.29 is 75.8 Å². The van der Waals surface area contributed by atoms with E-state index in [4.69, 9.17) is 32.3 Å². The molecule has 0 aliphatic carbocycles. The van der Waals surface area contributed by atoms with Gasteiger partial charge in [-0.2, -0.15) is 0 Å². The second kappa shape index (κ2) is 103. The molecule has 0 aliphatic heterocycles. The minimum absolute atomic E-state index is 0.0836. The van der Waals surface area contributed by atoms with Crippen molar-refractivity contribution in [2.45, 2.75) is 463 Å². The van der Waals surface area contributed by atoms with E-state index in [9.17, 15) is 43.5 Å². The van der Waals surface area contributed by atoms with Gasteiger partial charge in [0.25, 0.3) is 0 Å². The number of carbonyl (C=O) groups is 3. The number of phosphoric acid groups is 2. The van der Waals surface area contributed by atoms with Gasteiger partial charge in [-0.1, -0.05) is 453 Å². The summed E-state index contributed by atoms with van der Waals surface area (Å²) in [6.45, 7) is 2.47. The highest BCUT2D eigenvalue weighted by Crippen LogP contribution is 2.45. The number of aliphatic hydroxyl groups excluding tert-OH is 2. The predicted molar refractivity (Wildman–Crippen MR) is 555 cm³/mol. The van der Waals surface area contributed by atoms with Gasteiger partial charge in [0.2, 0.25) is 0 Å². The van der Waals surface area contributed by atoms with E-state index in [1.54, 1.807) is 0 Å². The monoisotopic (exact) mass is 1870 g/mol. The molecule has 0 aromatic carbocycles. The number of hydrogen-bond acceptors (Lipinski definition) is 14. The smallest absolute Gasteiger partial charge is 0.463 e. The molecule has 0 saturated heterocycles. The van der Waals surface area contributed by atoms with Gasteiger partial charge in [0.15, 0.2) is 6.10 Å². The van der Waals surface area contributed by atoms with E-state index in [-0.39, 0.29) is 19.3 Å². The minimum atomic E-state index is -4.95. The van der Waals surface area contributed by atoms with Crippen LogP contribution in [0.15, 0.2) is 194 Å². The Hall–Kier alpha value is -5.61. The summed E-state index contributed by atoms with van der Waals surface area (Å²) in [6.07, 6.45) is 139. The van der Waals surface area contributed by atoms with E-state index in [1.165, 1.54) is 212 Å². The van der Waals surface area contributed by atoms with Crippen LogP contribution in [0.25, 0.3) is 0 Å². The van der Waals surface area contributed by atoms with Gasteiger partial charge in [-0.15, -0.1) is 0 Å². The van der Waals surface area contributed by atoms with Crippen LogP contribution < -0.4 is 0 Å². The Kier molecular flexibility index (Phi) is 98.9. The molecule has 0 spiro atoms. The van der Waals surface area contributed by atoms with E-state index in [0.717, 1.165) is 173 Å². The van der Waals surface area contributed by atoms with Gasteiger partial charge in [-0.3, -0.25) is 32.5 Å². The first-order valence-corrected chi connectivity index (χ1v) is 55.7. The quantitative estimate of drug-likeness (QED) is 0.0146. The van der Waals surface area contributed by atoms with Gasteiger partial charge in [0.05, 0.1) is 26.4 Å². The molecule has 0 saturated carbocycles. The van der Waals surface area contributed by atoms with Crippen LogP contribution in [-0.2, 0) is 55.8 Å². The molecule has 0 rings (SSSR count). The maximum Gasteiger partial charge on any atom is 0.472 e. The molecule has 5 atom stereocenters. The Balaban J connectivity index is 4.58. The molecule has 0 amide bonds. The van der Waals surface area contributed by atoms with Crippen LogP contribution in [0.2, 0.25) is 0 Å². The van der Waals surface area contributed by atoms with Gasteiger partial charge in [0, 0.05) is 19.3 Å². The fraction of sp³-hybridized carbons (Fsp3) is 0.690. The molecule has 0 bridgehead atoms. The lowest BCUT2D eigenvalue weighted by Crippen LogP contribution is -2.30. The number of rotatable bonds is 99.